The van der Waals surface area contributed by atoms with E-state index in [1.165, 1.54) is 31.6 Å². The topological polar surface area (TPSA) is 71.3 Å². The highest BCUT2D eigenvalue weighted by Gasteiger charge is 2.37. The first-order valence-corrected chi connectivity index (χ1v) is 7.25. The van der Waals surface area contributed by atoms with E-state index in [1.807, 2.05) is 0 Å². The van der Waals surface area contributed by atoms with E-state index < -0.39 is 4.92 Å². The molecule has 1 aromatic rings. The number of fused-ring (bicyclic) bond motifs is 1. The second-order valence-electron chi connectivity index (χ2n) is 5.07. The van der Waals surface area contributed by atoms with Crippen LogP contribution in [0.2, 0.25) is 0 Å². The fourth-order valence-electron chi connectivity index (χ4n) is 3.06. The lowest BCUT2D eigenvalue weighted by Gasteiger charge is -2.22. The molecular weight excluding hydrogens is 312 g/mol. The van der Waals surface area contributed by atoms with Gasteiger partial charge in [0.05, 0.1) is 9.40 Å². The summed E-state index contributed by atoms with van der Waals surface area (Å²) < 4.78 is 0.651. The molecule has 0 aliphatic carbocycles. The van der Waals surface area contributed by atoms with Crippen molar-refractivity contribution in [3.8, 4) is 0 Å². The number of hydrogen-bond donors (Lipinski definition) is 1. The maximum Gasteiger partial charge on any atom is 0.288 e. The van der Waals surface area contributed by atoms with Crippen LogP contribution in [0.4, 0.5) is 11.5 Å². The third-order valence-electron chi connectivity index (χ3n) is 3.97. The molecule has 0 radical (unpaired) electrons. The molecule has 6 nitrogen and oxygen atoms in total. The van der Waals surface area contributed by atoms with Crippen molar-refractivity contribution in [2.45, 2.75) is 31.3 Å². The summed E-state index contributed by atoms with van der Waals surface area (Å²) in [4.78, 5) is 16.9. The minimum Gasteiger partial charge on any atom is -0.365 e. The van der Waals surface area contributed by atoms with Crippen LogP contribution in [0.1, 0.15) is 19.3 Å². The predicted molar refractivity (Wildman–Crippen MR) is 75.2 cm³/mol. The zero-order chi connectivity index (χ0) is 13.4. The Balaban J connectivity index is 1.75. The number of nitrogens with one attached hydrogen (secondary N) is 1. The molecule has 0 spiro atoms. The van der Waals surface area contributed by atoms with Gasteiger partial charge in [0, 0.05) is 24.7 Å². The second kappa shape index (κ2) is 5.05. The molecule has 2 fully saturated rings. The number of halogens is 1. The molecular formula is C12H15BrN4O2. The molecule has 2 atom stereocenters. The smallest absolute Gasteiger partial charge is 0.288 e. The quantitative estimate of drug-likeness (QED) is 0.682. The molecule has 2 aliphatic heterocycles. The molecule has 102 valence electrons. The number of pyridine rings is 1. The molecule has 2 saturated heterocycles. The Labute approximate surface area is 119 Å². The minimum atomic E-state index is -0.435. The third kappa shape index (κ3) is 2.44. The number of hydrogen-bond acceptors (Lipinski definition) is 5. The Morgan fingerprint density at radius 2 is 2.32 bits per heavy atom. The van der Waals surface area contributed by atoms with Crippen LogP contribution in [-0.2, 0) is 0 Å². The van der Waals surface area contributed by atoms with E-state index in [4.69, 9.17) is 0 Å². The van der Waals surface area contributed by atoms with Gasteiger partial charge in [-0.15, -0.1) is 0 Å². The number of nitrogens with zero attached hydrogens (tertiary/aromatic N) is 3. The first-order chi connectivity index (χ1) is 9.15. The molecule has 1 N–H and O–H groups in total. The van der Waals surface area contributed by atoms with E-state index in [2.05, 4.69) is 31.1 Å². The van der Waals surface area contributed by atoms with Crippen LogP contribution in [0.15, 0.2) is 16.7 Å². The molecule has 0 bridgehead atoms. The Morgan fingerprint density at radius 3 is 3.05 bits per heavy atom. The highest BCUT2D eigenvalue weighted by molar-refractivity contribution is 9.10. The summed E-state index contributed by atoms with van der Waals surface area (Å²) >= 11 is 3.35. The van der Waals surface area contributed by atoms with Crippen molar-refractivity contribution < 1.29 is 4.92 Å². The van der Waals surface area contributed by atoms with Crippen molar-refractivity contribution in [3.63, 3.8) is 0 Å². The van der Waals surface area contributed by atoms with E-state index in [0.717, 1.165) is 13.0 Å². The molecule has 19 heavy (non-hydrogen) atoms. The molecule has 0 saturated carbocycles. The highest BCUT2D eigenvalue weighted by Crippen LogP contribution is 2.32. The summed E-state index contributed by atoms with van der Waals surface area (Å²) in [5.74, 6) is 0.698. The van der Waals surface area contributed by atoms with Crippen molar-refractivity contribution in [1.29, 1.82) is 0 Å². The van der Waals surface area contributed by atoms with Gasteiger partial charge in [-0.3, -0.25) is 15.0 Å². The number of aromatic nitrogens is 1. The number of nitro groups is 1. The summed E-state index contributed by atoms with van der Waals surface area (Å²) in [7, 11) is 0. The van der Waals surface area contributed by atoms with Gasteiger partial charge in [0.15, 0.2) is 0 Å². The van der Waals surface area contributed by atoms with Crippen molar-refractivity contribution >= 4 is 27.4 Å². The minimum absolute atomic E-state index is 0.00587. The van der Waals surface area contributed by atoms with Crippen LogP contribution < -0.4 is 5.32 Å². The van der Waals surface area contributed by atoms with Gasteiger partial charge >= 0.3 is 0 Å². The molecule has 0 aromatic carbocycles. The summed E-state index contributed by atoms with van der Waals surface area (Å²) in [5.41, 5.74) is 0.00587. The highest BCUT2D eigenvalue weighted by atomic mass is 79.9. The molecule has 1 aromatic heterocycles. The Kier molecular flexibility index (Phi) is 3.40. The lowest BCUT2D eigenvalue weighted by atomic mass is 10.1. The average molecular weight is 327 g/mol. The maximum atomic E-state index is 10.7. The van der Waals surface area contributed by atoms with E-state index >= 15 is 0 Å². The van der Waals surface area contributed by atoms with Crippen LogP contribution in [0.25, 0.3) is 0 Å². The molecule has 2 unspecified atom stereocenters. The second-order valence-corrected chi connectivity index (χ2v) is 5.92. The Morgan fingerprint density at radius 1 is 1.47 bits per heavy atom. The van der Waals surface area contributed by atoms with E-state index in [0.29, 0.717) is 22.4 Å². The Bertz CT molecular complexity index is 511. The molecule has 0 amide bonds. The fraction of sp³-hybridized carbons (Fsp3) is 0.583. The maximum absolute atomic E-state index is 10.7. The van der Waals surface area contributed by atoms with Gasteiger partial charge in [-0.05, 0) is 41.7 Å². The number of anilines is 1. The third-order valence-corrected chi connectivity index (χ3v) is 4.57. The standard InChI is InChI=1S/C12H15BrN4O2/c13-9-6-8(17(18)19)7-14-12(9)15-10-3-5-16-4-1-2-11(10)16/h6-7,10-11H,1-5H2,(H,14,15). The fourth-order valence-corrected chi connectivity index (χ4v) is 3.51. The van der Waals surface area contributed by atoms with E-state index in [1.54, 1.807) is 0 Å². The van der Waals surface area contributed by atoms with Crippen LogP contribution in [0.3, 0.4) is 0 Å². The summed E-state index contributed by atoms with van der Waals surface area (Å²) in [6.45, 7) is 2.32. The van der Waals surface area contributed by atoms with Crippen LogP contribution in [-0.4, -0.2) is 40.0 Å². The number of rotatable bonds is 3. The van der Waals surface area contributed by atoms with Crippen molar-refractivity contribution in [2.75, 3.05) is 18.4 Å². The zero-order valence-corrected chi connectivity index (χ0v) is 12.0. The van der Waals surface area contributed by atoms with Crippen LogP contribution in [0.5, 0.6) is 0 Å². The van der Waals surface area contributed by atoms with Gasteiger partial charge in [-0.2, -0.15) is 0 Å². The van der Waals surface area contributed by atoms with Crippen LogP contribution >= 0.6 is 15.9 Å². The largest absolute Gasteiger partial charge is 0.365 e. The zero-order valence-electron chi connectivity index (χ0n) is 10.4. The molecule has 3 rings (SSSR count). The van der Waals surface area contributed by atoms with Gasteiger partial charge in [0.25, 0.3) is 5.69 Å². The first kappa shape index (κ1) is 12.8. The van der Waals surface area contributed by atoms with E-state index in [-0.39, 0.29) is 5.69 Å². The molecule has 7 heteroatoms. The SMILES string of the molecule is O=[N+]([O-])c1cnc(NC2CCN3CCCC23)c(Br)c1. The van der Waals surface area contributed by atoms with Gasteiger partial charge in [-0.1, -0.05) is 0 Å². The summed E-state index contributed by atoms with van der Waals surface area (Å²) in [6, 6.07) is 2.48. The molecule has 2 aliphatic rings. The van der Waals surface area contributed by atoms with Gasteiger partial charge in [0.1, 0.15) is 12.0 Å². The van der Waals surface area contributed by atoms with E-state index in [9.17, 15) is 10.1 Å². The monoisotopic (exact) mass is 326 g/mol. The summed E-state index contributed by atoms with van der Waals surface area (Å²) in [6.07, 6.45) is 4.89. The van der Waals surface area contributed by atoms with Crippen molar-refractivity contribution in [3.05, 3.63) is 26.9 Å². The van der Waals surface area contributed by atoms with Gasteiger partial charge in [0.2, 0.25) is 0 Å². The van der Waals surface area contributed by atoms with Gasteiger partial charge < -0.3 is 5.32 Å². The average Bonchev–Trinajstić information content (AvgIpc) is 2.96. The van der Waals surface area contributed by atoms with Gasteiger partial charge in [-0.25, -0.2) is 4.98 Å². The van der Waals surface area contributed by atoms with Crippen molar-refractivity contribution in [2.24, 2.45) is 0 Å². The Hall–Kier alpha value is -1.21. The first-order valence-electron chi connectivity index (χ1n) is 6.45. The predicted octanol–water partition coefficient (Wildman–Crippen LogP) is 2.40. The lowest BCUT2D eigenvalue weighted by molar-refractivity contribution is -0.385. The normalized spacial score (nSPS) is 26.4. The molecule has 3 heterocycles. The van der Waals surface area contributed by atoms with Crippen LogP contribution in [0, 0.1) is 10.1 Å². The van der Waals surface area contributed by atoms with Crippen molar-refractivity contribution in [1.82, 2.24) is 9.88 Å². The lowest BCUT2D eigenvalue weighted by Crippen LogP contribution is -2.34. The summed E-state index contributed by atoms with van der Waals surface area (Å²) in [5, 5.41) is 14.1.